The Morgan fingerprint density at radius 3 is 1.81 bits per heavy atom. The molecule has 0 aliphatic carbocycles. The summed E-state index contributed by atoms with van der Waals surface area (Å²) in [5, 5.41) is 0. The Bertz CT molecular complexity index is 324. The highest BCUT2D eigenvalue weighted by atomic mass is 15.2. The van der Waals surface area contributed by atoms with Crippen LogP contribution < -0.4 is 10.6 Å². The molecule has 0 radical (unpaired) electrons. The van der Waals surface area contributed by atoms with Crippen molar-refractivity contribution in [3.63, 3.8) is 0 Å². The van der Waals surface area contributed by atoms with Crippen LogP contribution in [0.5, 0.6) is 0 Å². The minimum Gasteiger partial charge on any atom is -0.359 e. The van der Waals surface area contributed by atoms with Crippen LogP contribution in [0.4, 0.5) is 5.69 Å². The number of nitrogens with zero attached hydrogens (tertiary/aromatic N) is 1. The summed E-state index contributed by atoms with van der Waals surface area (Å²) < 4.78 is 0. The van der Waals surface area contributed by atoms with Gasteiger partial charge in [0.15, 0.2) is 0 Å². The van der Waals surface area contributed by atoms with Gasteiger partial charge in [-0.2, -0.15) is 0 Å². The molecule has 0 saturated carbocycles. The molecule has 0 heterocycles. The molecule has 120 valence electrons. The summed E-state index contributed by atoms with van der Waals surface area (Å²) in [6.07, 6.45) is 13.8. The fraction of sp³-hybridized carbons (Fsp3) is 0.684. The van der Waals surface area contributed by atoms with Crippen molar-refractivity contribution < 1.29 is 0 Å². The first-order valence-electron chi connectivity index (χ1n) is 8.88. The van der Waals surface area contributed by atoms with Crippen molar-refractivity contribution >= 4 is 5.69 Å². The Labute approximate surface area is 131 Å². The lowest BCUT2D eigenvalue weighted by molar-refractivity contribution is 0.554. The van der Waals surface area contributed by atoms with E-state index in [1.165, 1.54) is 69.9 Å². The highest BCUT2D eigenvalue weighted by Gasteiger charge is 2.02. The van der Waals surface area contributed by atoms with Gasteiger partial charge in [-0.05, 0) is 18.6 Å². The van der Waals surface area contributed by atoms with E-state index in [0.29, 0.717) is 6.67 Å². The molecule has 2 nitrogen and oxygen atoms in total. The van der Waals surface area contributed by atoms with Crippen molar-refractivity contribution in [3.8, 4) is 0 Å². The maximum absolute atomic E-state index is 5.85. The van der Waals surface area contributed by atoms with Gasteiger partial charge in [-0.1, -0.05) is 82.9 Å². The van der Waals surface area contributed by atoms with Gasteiger partial charge < -0.3 is 10.6 Å². The summed E-state index contributed by atoms with van der Waals surface area (Å²) in [7, 11) is 0. The lowest BCUT2D eigenvalue weighted by Gasteiger charge is -2.22. The van der Waals surface area contributed by atoms with Gasteiger partial charge in [-0.25, -0.2) is 0 Å². The monoisotopic (exact) mass is 290 g/mol. The molecule has 0 unspecified atom stereocenters. The first-order chi connectivity index (χ1) is 10.4. The number of anilines is 1. The predicted molar refractivity (Wildman–Crippen MR) is 94.7 cm³/mol. The van der Waals surface area contributed by atoms with E-state index in [2.05, 4.69) is 42.2 Å². The van der Waals surface area contributed by atoms with Crippen LogP contribution in [-0.2, 0) is 0 Å². The first kappa shape index (κ1) is 18.0. The zero-order valence-electron chi connectivity index (χ0n) is 13.9. The van der Waals surface area contributed by atoms with Crippen LogP contribution in [-0.4, -0.2) is 13.2 Å². The number of unbranched alkanes of at least 4 members (excludes halogenated alkanes) is 9. The molecule has 0 aliphatic rings. The van der Waals surface area contributed by atoms with Crippen LogP contribution in [0.25, 0.3) is 0 Å². The second-order valence-corrected chi connectivity index (χ2v) is 5.96. The Balaban J connectivity index is 1.98. The molecule has 2 N–H and O–H groups in total. The first-order valence-corrected chi connectivity index (χ1v) is 8.88. The van der Waals surface area contributed by atoms with E-state index in [-0.39, 0.29) is 0 Å². The van der Waals surface area contributed by atoms with E-state index < -0.39 is 0 Å². The van der Waals surface area contributed by atoms with Gasteiger partial charge in [0.2, 0.25) is 0 Å². The van der Waals surface area contributed by atoms with Gasteiger partial charge >= 0.3 is 0 Å². The van der Waals surface area contributed by atoms with Crippen LogP contribution in [0.15, 0.2) is 30.3 Å². The lowest BCUT2D eigenvalue weighted by atomic mass is 10.1. The number of hydrogen-bond donors (Lipinski definition) is 1. The average molecular weight is 290 g/mol. The van der Waals surface area contributed by atoms with Crippen molar-refractivity contribution in [1.82, 2.24) is 0 Å². The molecule has 0 atom stereocenters. The lowest BCUT2D eigenvalue weighted by Crippen LogP contribution is -2.30. The molecule has 0 amide bonds. The molecular formula is C19H34N2. The van der Waals surface area contributed by atoms with Gasteiger partial charge in [-0.3, -0.25) is 0 Å². The molecule has 21 heavy (non-hydrogen) atoms. The molecule has 1 rings (SSSR count). The maximum Gasteiger partial charge on any atom is 0.0657 e. The van der Waals surface area contributed by atoms with E-state index in [1.54, 1.807) is 0 Å². The summed E-state index contributed by atoms with van der Waals surface area (Å²) in [6.45, 7) is 3.97. The molecule has 2 heteroatoms. The standard InChI is InChI=1S/C19H34N2/c1-2-3-4-5-6-7-8-9-10-14-17-21(18-20)19-15-12-11-13-16-19/h11-13,15-16H,2-10,14,17-18,20H2,1H3. The van der Waals surface area contributed by atoms with Crippen LogP contribution >= 0.6 is 0 Å². The van der Waals surface area contributed by atoms with Gasteiger partial charge in [0.25, 0.3) is 0 Å². The third kappa shape index (κ3) is 8.77. The zero-order chi connectivity index (χ0) is 15.2. The summed E-state index contributed by atoms with van der Waals surface area (Å²) >= 11 is 0. The third-order valence-electron chi connectivity index (χ3n) is 4.12. The normalized spacial score (nSPS) is 10.8. The maximum atomic E-state index is 5.85. The summed E-state index contributed by atoms with van der Waals surface area (Å²) in [5.41, 5.74) is 7.10. The summed E-state index contributed by atoms with van der Waals surface area (Å²) in [4.78, 5) is 2.27. The largest absolute Gasteiger partial charge is 0.359 e. The molecular weight excluding hydrogens is 256 g/mol. The van der Waals surface area contributed by atoms with E-state index in [4.69, 9.17) is 5.73 Å². The van der Waals surface area contributed by atoms with Gasteiger partial charge in [0, 0.05) is 12.2 Å². The van der Waals surface area contributed by atoms with Crippen molar-refractivity contribution in [3.05, 3.63) is 30.3 Å². The van der Waals surface area contributed by atoms with Crippen LogP contribution in [0, 0.1) is 0 Å². The molecule has 1 aromatic carbocycles. The van der Waals surface area contributed by atoms with E-state index in [0.717, 1.165) is 6.54 Å². The van der Waals surface area contributed by atoms with Crippen molar-refractivity contribution in [2.24, 2.45) is 5.73 Å². The highest BCUT2D eigenvalue weighted by Crippen LogP contribution is 2.14. The fourth-order valence-electron chi connectivity index (χ4n) is 2.75. The quantitative estimate of drug-likeness (QED) is 0.393. The molecule has 0 fully saturated rings. The smallest absolute Gasteiger partial charge is 0.0657 e. The van der Waals surface area contributed by atoms with Crippen LogP contribution in [0.3, 0.4) is 0 Å². The topological polar surface area (TPSA) is 29.3 Å². The van der Waals surface area contributed by atoms with Crippen molar-refractivity contribution in [1.29, 1.82) is 0 Å². The Hall–Kier alpha value is -1.02. The fourth-order valence-corrected chi connectivity index (χ4v) is 2.75. The van der Waals surface area contributed by atoms with Gasteiger partial charge in [0.1, 0.15) is 0 Å². The minimum absolute atomic E-state index is 0.613. The van der Waals surface area contributed by atoms with Crippen LogP contribution in [0.2, 0.25) is 0 Å². The molecule has 0 aromatic heterocycles. The van der Waals surface area contributed by atoms with Crippen molar-refractivity contribution in [2.45, 2.75) is 71.1 Å². The predicted octanol–water partition coefficient (Wildman–Crippen LogP) is 5.33. The zero-order valence-corrected chi connectivity index (χ0v) is 13.9. The number of para-hydroxylation sites is 1. The molecule has 1 aromatic rings. The average Bonchev–Trinajstić information content (AvgIpc) is 2.54. The van der Waals surface area contributed by atoms with E-state index in [9.17, 15) is 0 Å². The second-order valence-electron chi connectivity index (χ2n) is 5.96. The molecule has 0 aliphatic heterocycles. The minimum atomic E-state index is 0.613. The molecule has 0 saturated heterocycles. The third-order valence-corrected chi connectivity index (χ3v) is 4.12. The van der Waals surface area contributed by atoms with E-state index >= 15 is 0 Å². The van der Waals surface area contributed by atoms with Gasteiger partial charge in [-0.15, -0.1) is 0 Å². The van der Waals surface area contributed by atoms with Crippen molar-refractivity contribution in [2.75, 3.05) is 18.1 Å². The number of hydrogen-bond acceptors (Lipinski definition) is 2. The Morgan fingerprint density at radius 1 is 0.762 bits per heavy atom. The molecule has 0 spiro atoms. The summed E-state index contributed by atoms with van der Waals surface area (Å²) in [6, 6.07) is 10.5. The number of nitrogens with two attached hydrogens (primary N) is 1. The van der Waals surface area contributed by atoms with Gasteiger partial charge in [0.05, 0.1) is 6.67 Å². The summed E-state index contributed by atoms with van der Waals surface area (Å²) in [5.74, 6) is 0. The number of benzene rings is 1. The second kappa shape index (κ2) is 12.7. The van der Waals surface area contributed by atoms with Crippen LogP contribution in [0.1, 0.15) is 71.1 Å². The van der Waals surface area contributed by atoms with E-state index in [1.807, 2.05) is 0 Å². The SMILES string of the molecule is CCCCCCCCCCCCN(CN)c1ccccc1. The Morgan fingerprint density at radius 2 is 1.29 bits per heavy atom. The Kier molecular flexibility index (Phi) is 10.9. The highest BCUT2D eigenvalue weighted by molar-refractivity contribution is 5.45. The molecule has 0 bridgehead atoms. The number of rotatable bonds is 13.